The summed E-state index contributed by atoms with van der Waals surface area (Å²) in [6, 6.07) is 20.0. The molecule has 0 saturated carbocycles. The van der Waals surface area contributed by atoms with Gasteiger partial charge in [-0.2, -0.15) is 0 Å². The van der Waals surface area contributed by atoms with Crippen LogP contribution in [0.2, 0.25) is 5.02 Å². The summed E-state index contributed by atoms with van der Waals surface area (Å²) in [7, 11) is 0. The van der Waals surface area contributed by atoms with Crippen molar-refractivity contribution in [3.05, 3.63) is 88.8 Å². The van der Waals surface area contributed by atoms with Crippen molar-refractivity contribution in [3.63, 3.8) is 0 Å². The first-order chi connectivity index (χ1) is 12.6. The molecule has 128 valence electrons. The Hall–Kier alpha value is -2.91. The number of pyridine rings is 1. The Morgan fingerprint density at radius 2 is 1.77 bits per heavy atom. The monoisotopic (exact) mass is 359 g/mol. The lowest BCUT2D eigenvalue weighted by Gasteiger charge is -2.09. The predicted octanol–water partition coefficient (Wildman–Crippen LogP) is 6.05. The maximum Gasteiger partial charge on any atom is 0.0958 e. The Kier molecular flexibility index (Phi) is 4.31. The number of halogens is 1. The molecule has 0 amide bonds. The molecule has 2 heterocycles. The first kappa shape index (κ1) is 16.6. The van der Waals surface area contributed by atoms with Crippen LogP contribution in [0.15, 0.2) is 71.9 Å². The van der Waals surface area contributed by atoms with Crippen molar-refractivity contribution in [1.29, 1.82) is 0 Å². The number of hydrogen-bond donors (Lipinski definition) is 0. The molecule has 0 aliphatic carbocycles. The van der Waals surface area contributed by atoms with Gasteiger partial charge in [0.25, 0.3) is 0 Å². The van der Waals surface area contributed by atoms with Crippen molar-refractivity contribution in [3.8, 4) is 5.69 Å². The van der Waals surface area contributed by atoms with E-state index >= 15 is 0 Å². The van der Waals surface area contributed by atoms with E-state index in [0.29, 0.717) is 0 Å². The zero-order chi connectivity index (χ0) is 18.1. The standard InChI is InChI=1S/C22H18ClN3/c1-15-13-18(16(2)26(15)20-10-8-19(23)9-11-20)14-25-21-7-3-5-17-6-4-12-24-22(17)21/h3-14H,1-2H3. The molecule has 3 nitrogen and oxygen atoms in total. The number of rotatable bonds is 3. The van der Waals surface area contributed by atoms with Crippen LogP contribution in [-0.4, -0.2) is 15.8 Å². The van der Waals surface area contributed by atoms with Gasteiger partial charge in [-0.05, 0) is 56.3 Å². The van der Waals surface area contributed by atoms with E-state index in [-0.39, 0.29) is 0 Å². The summed E-state index contributed by atoms with van der Waals surface area (Å²) in [5, 5.41) is 1.83. The molecule has 0 bridgehead atoms. The van der Waals surface area contributed by atoms with Gasteiger partial charge < -0.3 is 4.57 Å². The van der Waals surface area contributed by atoms with Crippen LogP contribution in [0.4, 0.5) is 5.69 Å². The number of aromatic nitrogens is 2. The topological polar surface area (TPSA) is 30.2 Å². The molecule has 0 aliphatic rings. The van der Waals surface area contributed by atoms with E-state index in [2.05, 4.69) is 29.5 Å². The van der Waals surface area contributed by atoms with Gasteiger partial charge in [-0.15, -0.1) is 0 Å². The molecule has 0 radical (unpaired) electrons. The van der Waals surface area contributed by atoms with E-state index < -0.39 is 0 Å². The van der Waals surface area contributed by atoms with Crippen LogP contribution in [0.25, 0.3) is 16.6 Å². The highest BCUT2D eigenvalue weighted by molar-refractivity contribution is 6.30. The summed E-state index contributed by atoms with van der Waals surface area (Å²) >= 11 is 6.01. The molecule has 2 aromatic carbocycles. The molecule has 0 spiro atoms. The van der Waals surface area contributed by atoms with Gasteiger partial charge in [-0.25, -0.2) is 0 Å². The van der Waals surface area contributed by atoms with E-state index in [9.17, 15) is 0 Å². The fraction of sp³-hybridized carbons (Fsp3) is 0.0909. The van der Waals surface area contributed by atoms with Crippen LogP contribution in [0.1, 0.15) is 17.0 Å². The van der Waals surface area contributed by atoms with Crippen molar-refractivity contribution < 1.29 is 0 Å². The quantitative estimate of drug-likeness (QED) is 0.410. The zero-order valence-electron chi connectivity index (χ0n) is 14.6. The average molecular weight is 360 g/mol. The van der Waals surface area contributed by atoms with E-state index in [1.165, 1.54) is 0 Å². The number of fused-ring (bicyclic) bond motifs is 1. The zero-order valence-corrected chi connectivity index (χ0v) is 15.4. The second kappa shape index (κ2) is 6.77. The minimum atomic E-state index is 0.737. The molecule has 0 atom stereocenters. The molecule has 4 rings (SSSR count). The van der Waals surface area contributed by atoms with Gasteiger partial charge in [-0.1, -0.05) is 29.8 Å². The number of para-hydroxylation sites is 1. The van der Waals surface area contributed by atoms with Crippen molar-refractivity contribution in [2.24, 2.45) is 4.99 Å². The Bertz CT molecular complexity index is 1100. The lowest BCUT2D eigenvalue weighted by atomic mass is 10.2. The molecule has 0 unspecified atom stereocenters. The minimum Gasteiger partial charge on any atom is -0.318 e. The molecule has 0 saturated heterocycles. The molecule has 4 heteroatoms. The fourth-order valence-corrected chi connectivity index (χ4v) is 3.36. The van der Waals surface area contributed by atoms with Crippen molar-refractivity contribution in [1.82, 2.24) is 9.55 Å². The number of aliphatic imine (C=N–C) groups is 1. The van der Waals surface area contributed by atoms with E-state index in [1.807, 2.05) is 60.8 Å². The third-order valence-corrected chi connectivity index (χ3v) is 4.76. The molecule has 26 heavy (non-hydrogen) atoms. The largest absolute Gasteiger partial charge is 0.318 e. The Labute approximate surface area is 157 Å². The first-order valence-electron chi connectivity index (χ1n) is 8.46. The molecular formula is C22H18ClN3. The fourth-order valence-electron chi connectivity index (χ4n) is 3.24. The minimum absolute atomic E-state index is 0.737. The molecule has 2 aromatic heterocycles. The number of benzene rings is 2. The molecule has 0 aliphatic heterocycles. The second-order valence-electron chi connectivity index (χ2n) is 6.25. The van der Waals surface area contributed by atoms with Gasteiger partial charge in [0, 0.05) is 45.5 Å². The van der Waals surface area contributed by atoms with Crippen LogP contribution < -0.4 is 0 Å². The van der Waals surface area contributed by atoms with Crippen molar-refractivity contribution in [2.75, 3.05) is 0 Å². The van der Waals surface area contributed by atoms with E-state index in [1.54, 1.807) is 6.20 Å². The van der Waals surface area contributed by atoms with Gasteiger partial charge in [0.15, 0.2) is 0 Å². The summed E-state index contributed by atoms with van der Waals surface area (Å²) in [4.78, 5) is 9.17. The van der Waals surface area contributed by atoms with E-state index in [4.69, 9.17) is 16.6 Å². The highest BCUT2D eigenvalue weighted by atomic mass is 35.5. The smallest absolute Gasteiger partial charge is 0.0958 e. The van der Waals surface area contributed by atoms with Crippen LogP contribution in [0, 0.1) is 13.8 Å². The maximum absolute atomic E-state index is 6.01. The highest BCUT2D eigenvalue weighted by Gasteiger charge is 2.09. The Morgan fingerprint density at radius 3 is 2.58 bits per heavy atom. The van der Waals surface area contributed by atoms with Crippen LogP contribution in [-0.2, 0) is 0 Å². The van der Waals surface area contributed by atoms with Crippen LogP contribution in [0.5, 0.6) is 0 Å². The van der Waals surface area contributed by atoms with Gasteiger partial charge in [0.2, 0.25) is 0 Å². The van der Waals surface area contributed by atoms with Gasteiger partial charge in [0.1, 0.15) is 0 Å². The Balaban J connectivity index is 1.74. The van der Waals surface area contributed by atoms with Crippen molar-refractivity contribution in [2.45, 2.75) is 13.8 Å². The van der Waals surface area contributed by atoms with Crippen LogP contribution in [0.3, 0.4) is 0 Å². The average Bonchev–Trinajstić information content (AvgIpc) is 2.94. The summed E-state index contributed by atoms with van der Waals surface area (Å²) < 4.78 is 2.21. The summed E-state index contributed by atoms with van der Waals surface area (Å²) in [6.07, 6.45) is 3.71. The van der Waals surface area contributed by atoms with Gasteiger partial charge in [-0.3, -0.25) is 9.98 Å². The molecule has 4 aromatic rings. The van der Waals surface area contributed by atoms with Gasteiger partial charge in [0.05, 0.1) is 11.2 Å². The maximum atomic E-state index is 6.01. The number of hydrogen-bond acceptors (Lipinski definition) is 2. The third kappa shape index (κ3) is 3.02. The van der Waals surface area contributed by atoms with Crippen LogP contribution >= 0.6 is 11.6 Å². The molecule has 0 N–H and O–H groups in total. The Morgan fingerprint density at radius 1 is 1.00 bits per heavy atom. The summed E-state index contributed by atoms with van der Waals surface area (Å²) in [5.41, 5.74) is 6.27. The highest BCUT2D eigenvalue weighted by Crippen LogP contribution is 2.25. The normalized spacial score (nSPS) is 11.5. The van der Waals surface area contributed by atoms with Crippen molar-refractivity contribution >= 4 is 34.4 Å². The number of aryl methyl sites for hydroxylation is 1. The van der Waals surface area contributed by atoms with Gasteiger partial charge >= 0.3 is 0 Å². The summed E-state index contributed by atoms with van der Waals surface area (Å²) in [6.45, 7) is 4.20. The lowest BCUT2D eigenvalue weighted by molar-refractivity contribution is 0.965. The summed E-state index contributed by atoms with van der Waals surface area (Å²) in [5.74, 6) is 0. The molecule has 0 fully saturated rings. The SMILES string of the molecule is Cc1cc(C=Nc2cccc3cccnc23)c(C)n1-c1ccc(Cl)cc1. The lowest BCUT2D eigenvalue weighted by Crippen LogP contribution is -1.99. The second-order valence-corrected chi connectivity index (χ2v) is 6.69. The van der Waals surface area contributed by atoms with E-state index in [0.717, 1.165) is 44.3 Å². The predicted molar refractivity (Wildman–Crippen MR) is 109 cm³/mol. The third-order valence-electron chi connectivity index (χ3n) is 4.51. The number of nitrogens with zero attached hydrogens (tertiary/aromatic N) is 3. The molecular weight excluding hydrogens is 342 g/mol. The first-order valence-corrected chi connectivity index (χ1v) is 8.84.